The van der Waals surface area contributed by atoms with Gasteiger partial charge in [0.25, 0.3) is 5.56 Å². The SMILES string of the molecule is CCCc1c(C(=O)O)[nH]c2c1c(=O)n(C(C(=O)NC1CCCCC1)c1ccc(C)cc1)c1ccccc21. The van der Waals surface area contributed by atoms with Crippen LogP contribution in [-0.2, 0) is 11.2 Å². The minimum absolute atomic E-state index is 0.0374. The van der Waals surface area contributed by atoms with Crippen LogP contribution in [0.1, 0.15) is 78.7 Å². The summed E-state index contributed by atoms with van der Waals surface area (Å²) in [4.78, 5) is 43.4. The second-order valence-electron chi connectivity index (χ2n) is 10.1. The standard InChI is InChI=1S/C30H33N3O4/c1-3-9-22-24-25(32-26(22)30(36)37)21-12-7-8-13-23(21)33(29(24)35)27(19-16-14-18(2)15-17-19)28(34)31-20-10-5-4-6-11-20/h7-8,12-17,20,27,32H,3-6,9-11H2,1-2H3,(H,31,34)(H,36,37). The van der Waals surface area contributed by atoms with Crippen LogP contribution in [-0.4, -0.2) is 32.6 Å². The van der Waals surface area contributed by atoms with Gasteiger partial charge in [0.1, 0.15) is 11.7 Å². The molecule has 2 aromatic heterocycles. The van der Waals surface area contributed by atoms with Gasteiger partial charge in [-0.1, -0.05) is 80.6 Å². The minimum Gasteiger partial charge on any atom is -0.477 e. The van der Waals surface area contributed by atoms with Gasteiger partial charge in [-0.05, 0) is 43.4 Å². The molecule has 37 heavy (non-hydrogen) atoms. The summed E-state index contributed by atoms with van der Waals surface area (Å²) in [7, 11) is 0. The van der Waals surface area contributed by atoms with E-state index < -0.39 is 12.0 Å². The quantitative estimate of drug-likeness (QED) is 0.313. The number of carboxylic acid groups (broad SMARTS) is 1. The van der Waals surface area contributed by atoms with Gasteiger partial charge in [0, 0.05) is 11.4 Å². The summed E-state index contributed by atoms with van der Waals surface area (Å²) in [5.74, 6) is -1.31. The van der Waals surface area contributed by atoms with Crippen molar-refractivity contribution in [2.45, 2.75) is 70.9 Å². The summed E-state index contributed by atoms with van der Waals surface area (Å²) in [6.07, 6.45) is 6.33. The van der Waals surface area contributed by atoms with Gasteiger partial charge in [-0.2, -0.15) is 0 Å². The van der Waals surface area contributed by atoms with E-state index >= 15 is 0 Å². The lowest BCUT2D eigenvalue weighted by Gasteiger charge is -2.27. The number of aromatic nitrogens is 2. The Kier molecular flexibility index (Phi) is 6.87. The molecule has 192 valence electrons. The van der Waals surface area contributed by atoms with Gasteiger partial charge >= 0.3 is 5.97 Å². The number of H-pyrrole nitrogens is 1. The number of nitrogens with one attached hydrogen (secondary N) is 2. The summed E-state index contributed by atoms with van der Waals surface area (Å²) >= 11 is 0. The van der Waals surface area contributed by atoms with Crippen LogP contribution in [0, 0.1) is 6.92 Å². The molecule has 4 aromatic rings. The molecule has 0 spiro atoms. The topological polar surface area (TPSA) is 104 Å². The van der Waals surface area contributed by atoms with Gasteiger partial charge in [0.05, 0.1) is 16.4 Å². The number of amides is 1. The highest BCUT2D eigenvalue weighted by atomic mass is 16.4. The zero-order valence-corrected chi connectivity index (χ0v) is 21.3. The van der Waals surface area contributed by atoms with Crippen molar-refractivity contribution in [3.63, 3.8) is 0 Å². The molecule has 1 amide bonds. The van der Waals surface area contributed by atoms with Crippen LogP contribution in [0.15, 0.2) is 53.3 Å². The Labute approximate surface area is 215 Å². The van der Waals surface area contributed by atoms with Crippen LogP contribution in [0.5, 0.6) is 0 Å². The zero-order chi connectivity index (χ0) is 26.1. The number of rotatable bonds is 7. The molecule has 3 N–H and O–H groups in total. The van der Waals surface area contributed by atoms with Gasteiger partial charge in [0.2, 0.25) is 5.91 Å². The molecule has 0 radical (unpaired) electrons. The summed E-state index contributed by atoms with van der Waals surface area (Å²) in [5.41, 5.74) is 3.05. The first kappa shape index (κ1) is 24.8. The van der Waals surface area contributed by atoms with Gasteiger partial charge in [0.15, 0.2) is 0 Å². The fraction of sp³-hybridized carbons (Fsp3) is 0.367. The van der Waals surface area contributed by atoms with Crippen LogP contribution in [0.2, 0.25) is 0 Å². The molecule has 0 bridgehead atoms. The molecule has 1 aliphatic carbocycles. The number of fused-ring (bicyclic) bond motifs is 3. The normalized spacial score (nSPS) is 15.2. The molecule has 7 nitrogen and oxygen atoms in total. The average molecular weight is 500 g/mol. The van der Waals surface area contributed by atoms with Gasteiger partial charge < -0.3 is 15.4 Å². The number of nitrogens with zero attached hydrogens (tertiary/aromatic N) is 1. The maximum Gasteiger partial charge on any atom is 0.352 e. The first-order valence-electron chi connectivity index (χ1n) is 13.2. The van der Waals surface area contributed by atoms with Crippen LogP contribution >= 0.6 is 0 Å². The van der Waals surface area contributed by atoms with Crippen LogP contribution in [0.3, 0.4) is 0 Å². The Balaban J connectivity index is 1.80. The van der Waals surface area contributed by atoms with E-state index in [1.807, 2.05) is 62.4 Å². The Morgan fingerprint density at radius 3 is 2.46 bits per heavy atom. The number of benzene rings is 2. The molecule has 0 saturated heterocycles. The Morgan fingerprint density at radius 2 is 1.78 bits per heavy atom. The second-order valence-corrected chi connectivity index (χ2v) is 10.1. The maximum absolute atomic E-state index is 14.3. The molecule has 1 saturated carbocycles. The maximum atomic E-state index is 14.3. The number of carbonyl (C=O) groups excluding carboxylic acids is 1. The first-order valence-corrected chi connectivity index (χ1v) is 13.2. The van der Waals surface area contributed by atoms with Crippen molar-refractivity contribution in [2.75, 3.05) is 0 Å². The van der Waals surface area contributed by atoms with Gasteiger partial charge in [-0.3, -0.25) is 14.2 Å². The highest BCUT2D eigenvalue weighted by Gasteiger charge is 2.31. The van der Waals surface area contributed by atoms with E-state index in [0.717, 1.165) is 36.8 Å². The Morgan fingerprint density at radius 1 is 1.08 bits per heavy atom. The van der Waals surface area contributed by atoms with Crippen LogP contribution in [0.25, 0.3) is 21.8 Å². The number of hydrogen-bond donors (Lipinski definition) is 3. The third kappa shape index (κ3) is 4.54. The number of aromatic amines is 1. The van der Waals surface area contributed by atoms with Crippen molar-refractivity contribution in [3.8, 4) is 0 Å². The van der Waals surface area contributed by atoms with E-state index in [1.54, 1.807) is 4.57 Å². The number of carbonyl (C=O) groups is 2. The molecule has 1 aliphatic rings. The molecule has 2 heterocycles. The monoisotopic (exact) mass is 499 g/mol. The number of carboxylic acids is 1. The molecule has 1 unspecified atom stereocenters. The van der Waals surface area contributed by atoms with Gasteiger partial charge in [-0.15, -0.1) is 0 Å². The molecule has 5 rings (SSSR count). The average Bonchev–Trinajstić information content (AvgIpc) is 3.28. The summed E-state index contributed by atoms with van der Waals surface area (Å²) in [6.45, 7) is 3.94. The van der Waals surface area contributed by atoms with Crippen molar-refractivity contribution in [3.05, 3.63) is 81.3 Å². The predicted octanol–water partition coefficient (Wildman–Crippen LogP) is 5.48. The number of aryl methyl sites for hydroxylation is 2. The largest absolute Gasteiger partial charge is 0.477 e. The highest BCUT2D eigenvalue weighted by molar-refractivity contribution is 6.09. The van der Waals surface area contributed by atoms with E-state index in [2.05, 4.69) is 10.3 Å². The van der Waals surface area contributed by atoms with Gasteiger partial charge in [-0.25, -0.2) is 4.79 Å². The summed E-state index contributed by atoms with van der Waals surface area (Å²) < 4.78 is 1.57. The minimum atomic E-state index is -1.10. The van der Waals surface area contributed by atoms with Crippen molar-refractivity contribution in [1.82, 2.24) is 14.9 Å². The molecule has 7 heteroatoms. The van der Waals surface area contributed by atoms with Crippen molar-refractivity contribution < 1.29 is 14.7 Å². The lowest BCUT2D eigenvalue weighted by atomic mass is 9.94. The zero-order valence-electron chi connectivity index (χ0n) is 21.3. The Bertz CT molecular complexity index is 1520. The molecule has 1 fully saturated rings. The van der Waals surface area contributed by atoms with Crippen molar-refractivity contribution in [1.29, 1.82) is 0 Å². The van der Waals surface area contributed by atoms with Crippen LogP contribution < -0.4 is 10.9 Å². The lowest BCUT2D eigenvalue weighted by Crippen LogP contribution is -2.43. The van der Waals surface area contributed by atoms with E-state index in [1.165, 1.54) is 6.42 Å². The second kappa shape index (κ2) is 10.2. The molecular formula is C30H33N3O4. The molecule has 2 aromatic carbocycles. The smallest absolute Gasteiger partial charge is 0.352 e. The lowest BCUT2D eigenvalue weighted by molar-refractivity contribution is -0.124. The molecular weight excluding hydrogens is 466 g/mol. The van der Waals surface area contributed by atoms with Crippen molar-refractivity contribution in [2.24, 2.45) is 0 Å². The number of aromatic carboxylic acids is 1. The highest BCUT2D eigenvalue weighted by Crippen LogP contribution is 2.31. The fourth-order valence-electron chi connectivity index (χ4n) is 5.73. The number of para-hydroxylation sites is 1. The summed E-state index contributed by atoms with van der Waals surface area (Å²) in [6, 6.07) is 14.3. The first-order chi connectivity index (χ1) is 17.9. The fourth-order valence-corrected chi connectivity index (χ4v) is 5.73. The van der Waals surface area contributed by atoms with E-state index in [-0.39, 0.29) is 23.2 Å². The van der Waals surface area contributed by atoms with E-state index in [0.29, 0.717) is 40.2 Å². The molecule has 1 atom stereocenters. The summed E-state index contributed by atoms with van der Waals surface area (Å²) in [5, 5.41) is 14.2. The molecule has 0 aliphatic heterocycles. The third-order valence-electron chi connectivity index (χ3n) is 7.53. The predicted molar refractivity (Wildman–Crippen MR) is 145 cm³/mol. The number of hydrogen-bond acceptors (Lipinski definition) is 3. The van der Waals surface area contributed by atoms with E-state index in [9.17, 15) is 19.5 Å². The Hall–Kier alpha value is -3.87. The third-order valence-corrected chi connectivity index (χ3v) is 7.53. The number of pyridine rings is 1. The van der Waals surface area contributed by atoms with Crippen LogP contribution in [0.4, 0.5) is 0 Å². The van der Waals surface area contributed by atoms with E-state index in [4.69, 9.17) is 0 Å². The van der Waals surface area contributed by atoms with Crippen molar-refractivity contribution >= 4 is 33.7 Å².